The lowest BCUT2D eigenvalue weighted by atomic mass is 10.0. The molecule has 3 N–H and O–H groups in total. The van der Waals surface area contributed by atoms with E-state index in [2.05, 4.69) is 44.2 Å². The van der Waals surface area contributed by atoms with Gasteiger partial charge in [-0.25, -0.2) is 4.57 Å². The summed E-state index contributed by atoms with van der Waals surface area (Å²) in [5.74, 6) is -0.976. The molecule has 0 rings (SSSR count). The fourth-order valence-electron chi connectivity index (χ4n) is 6.95. The number of phosphoric acid groups is 1. The fourth-order valence-corrected chi connectivity index (χ4v) is 7.74. The third kappa shape index (κ3) is 46.0. The van der Waals surface area contributed by atoms with E-state index in [-0.39, 0.29) is 19.4 Å². The first-order valence-corrected chi connectivity index (χ1v) is 26.4. The quantitative estimate of drug-likeness (QED) is 0.0233. The number of unbranched alkanes of at least 4 members (excludes halogenated alkanes) is 27. The summed E-state index contributed by atoms with van der Waals surface area (Å²) in [6.07, 6.45) is 49.8. The van der Waals surface area contributed by atoms with Gasteiger partial charge in [-0.2, -0.15) is 0 Å². The van der Waals surface area contributed by atoms with Crippen LogP contribution in [-0.2, 0) is 32.7 Å². The standard InChI is InChI=1S/C50H93O10P/c1-3-5-7-9-11-13-15-17-19-21-22-23-24-26-28-30-32-34-36-38-40-42-50(54)60-48(46-59-61(55,56)58-44-47(52)43-51)45-57-49(53)41-39-37-35-33-31-29-27-25-20-18-16-14-12-10-8-6-4-2/h18,20,27,29,33,35,47-48,51-52H,3-17,19,21-26,28,30-32,34,36-46H2,1-2H3,(H,55,56)/b20-18+,29-27+,35-33+/t47-,48+/m0/s1. The highest BCUT2D eigenvalue weighted by Crippen LogP contribution is 2.43. The molecule has 0 amide bonds. The van der Waals surface area contributed by atoms with Crippen LogP contribution in [0.25, 0.3) is 0 Å². The average molecular weight is 885 g/mol. The highest BCUT2D eigenvalue weighted by Gasteiger charge is 2.27. The highest BCUT2D eigenvalue weighted by molar-refractivity contribution is 7.47. The smallest absolute Gasteiger partial charge is 0.462 e. The maximum Gasteiger partial charge on any atom is 0.472 e. The second-order valence-electron chi connectivity index (χ2n) is 16.8. The molecule has 0 saturated heterocycles. The number of rotatable bonds is 47. The summed E-state index contributed by atoms with van der Waals surface area (Å²) >= 11 is 0. The Balaban J connectivity index is 4.24. The van der Waals surface area contributed by atoms with Gasteiger partial charge in [0.1, 0.15) is 12.7 Å². The van der Waals surface area contributed by atoms with Crippen molar-refractivity contribution in [2.45, 2.75) is 244 Å². The van der Waals surface area contributed by atoms with Crippen molar-refractivity contribution in [2.75, 3.05) is 26.4 Å². The minimum absolute atomic E-state index is 0.172. The normalized spacial score (nSPS) is 14.0. The zero-order valence-corrected chi connectivity index (χ0v) is 40.0. The van der Waals surface area contributed by atoms with Gasteiger partial charge in [0.2, 0.25) is 0 Å². The zero-order valence-electron chi connectivity index (χ0n) is 39.1. The van der Waals surface area contributed by atoms with E-state index >= 15 is 0 Å². The molecule has 11 heteroatoms. The molecule has 0 fully saturated rings. The number of ether oxygens (including phenoxy) is 2. The van der Waals surface area contributed by atoms with Gasteiger partial charge in [-0.3, -0.25) is 18.6 Å². The number of hydrogen-bond donors (Lipinski definition) is 3. The number of phosphoric ester groups is 1. The molecular formula is C50H93O10P. The molecule has 0 heterocycles. The molecule has 0 radical (unpaired) electrons. The van der Waals surface area contributed by atoms with Gasteiger partial charge in [0.25, 0.3) is 0 Å². The van der Waals surface area contributed by atoms with Crippen molar-refractivity contribution in [3.8, 4) is 0 Å². The maximum atomic E-state index is 12.7. The Morgan fingerprint density at radius 1 is 0.492 bits per heavy atom. The lowest BCUT2D eigenvalue weighted by Crippen LogP contribution is -2.29. The molecule has 3 atom stereocenters. The van der Waals surface area contributed by atoms with Gasteiger partial charge in [-0.05, 0) is 44.9 Å². The van der Waals surface area contributed by atoms with E-state index in [1.807, 2.05) is 6.08 Å². The average Bonchev–Trinajstić information content (AvgIpc) is 3.25. The summed E-state index contributed by atoms with van der Waals surface area (Å²) in [7, 11) is -4.63. The number of carbonyl (C=O) groups excluding carboxylic acids is 2. The molecule has 0 aromatic heterocycles. The third-order valence-electron chi connectivity index (χ3n) is 10.8. The SMILES string of the molecule is CCCCCCCC/C=C/C/C=C/C/C=C/CCCC(=O)OC[C@H](COP(=O)(O)OC[C@@H](O)CO)OC(=O)CCCCCCCCCCCCCCCCCCCCCCC. The molecule has 0 aromatic carbocycles. The lowest BCUT2D eigenvalue weighted by Gasteiger charge is -2.20. The van der Waals surface area contributed by atoms with Gasteiger partial charge in [0.05, 0.1) is 19.8 Å². The van der Waals surface area contributed by atoms with Crippen LogP contribution < -0.4 is 0 Å². The van der Waals surface area contributed by atoms with E-state index in [1.165, 1.54) is 148 Å². The predicted octanol–water partition coefficient (Wildman–Crippen LogP) is 13.9. The second-order valence-corrected chi connectivity index (χ2v) is 18.3. The molecule has 10 nitrogen and oxygen atoms in total. The number of aliphatic hydroxyl groups excluding tert-OH is 2. The van der Waals surface area contributed by atoms with Gasteiger partial charge in [0.15, 0.2) is 6.10 Å². The molecule has 0 bridgehead atoms. The number of esters is 2. The first-order valence-electron chi connectivity index (χ1n) is 24.9. The van der Waals surface area contributed by atoms with E-state index in [0.717, 1.165) is 38.5 Å². The maximum absolute atomic E-state index is 12.7. The van der Waals surface area contributed by atoms with E-state index in [4.69, 9.17) is 23.6 Å². The topological polar surface area (TPSA) is 149 Å². The van der Waals surface area contributed by atoms with Crippen LogP contribution in [0.5, 0.6) is 0 Å². The summed E-state index contributed by atoms with van der Waals surface area (Å²) < 4.78 is 32.8. The van der Waals surface area contributed by atoms with Gasteiger partial charge in [-0.1, -0.05) is 211 Å². The Morgan fingerprint density at radius 3 is 1.33 bits per heavy atom. The first kappa shape index (κ1) is 59.2. The molecule has 0 aromatic rings. The molecule has 0 aliphatic heterocycles. The minimum atomic E-state index is -4.63. The summed E-state index contributed by atoms with van der Waals surface area (Å²) in [5.41, 5.74) is 0. The second kappa shape index (κ2) is 46.2. The Bertz CT molecular complexity index is 1110. The Labute approximate surface area is 373 Å². The van der Waals surface area contributed by atoms with Crippen LogP contribution in [-0.4, -0.2) is 65.7 Å². The van der Waals surface area contributed by atoms with Crippen LogP contribution in [0.3, 0.4) is 0 Å². The minimum Gasteiger partial charge on any atom is -0.462 e. The predicted molar refractivity (Wildman–Crippen MR) is 251 cm³/mol. The molecule has 0 saturated carbocycles. The van der Waals surface area contributed by atoms with E-state index < -0.39 is 51.8 Å². The van der Waals surface area contributed by atoms with Crippen molar-refractivity contribution < 1.29 is 47.8 Å². The summed E-state index contributed by atoms with van der Waals surface area (Å²) in [5, 5.41) is 18.4. The molecule has 0 aliphatic rings. The van der Waals surface area contributed by atoms with Crippen LogP contribution in [0, 0.1) is 0 Å². The van der Waals surface area contributed by atoms with E-state index in [9.17, 15) is 24.2 Å². The van der Waals surface area contributed by atoms with Crippen molar-refractivity contribution >= 4 is 19.8 Å². The van der Waals surface area contributed by atoms with Crippen molar-refractivity contribution in [3.05, 3.63) is 36.5 Å². The summed E-state index contributed by atoms with van der Waals surface area (Å²) in [4.78, 5) is 35.1. The zero-order chi connectivity index (χ0) is 44.8. The Morgan fingerprint density at radius 2 is 0.869 bits per heavy atom. The monoisotopic (exact) mass is 885 g/mol. The number of carbonyl (C=O) groups is 2. The van der Waals surface area contributed by atoms with Crippen LogP contribution in [0.4, 0.5) is 0 Å². The Hall–Kier alpha value is -1.81. The van der Waals surface area contributed by atoms with Gasteiger partial charge in [-0.15, -0.1) is 0 Å². The van der Waals surface area contributed by atoms with Crippen LogP contribution >= 0.6 is 7.82 Å². The van der Waals surface area contributed by atoms with Crippen molar-refractivity contribution in [2.24, 2.45) is 0 Å². The largest absolute Gasteiger partial charge is 0.472 e. The number of hydrogen-bond acceptors (Lipinski definition) is 9. The number of allylic oxidation sites excluding steroid dienone is 6. The highest BCUT2D eigenvalue weighted by atomic mass is 31.2. The molecule has 61 heavy (non-hydrogen) atoms. The van der Waals surface area contributed by atoms with Crippen LogP contribution in [0.1, 0.15) is 232 Å². The number of aliphatic hydroxyl groups is 2. The Kier molecular flexibility index (Phi) is 44.8. The molecule has 0 aliphatic carbocycles. The van der Waals surface area contributed by atoms with Crippen molar-refractivity contribution in [3.63, 3.8) is 0 Å². The molecular weight excluding hydrogens is 792 g/mol. The van der Waals surface area contributed by atoms with E-state index in [0.29, 0.717) is 19.3 Å². The van der Waals surface area contributed by atoms with Crippen molar-refractivity contribution in [1.29, 1.82) is 0 Å². The van der Waals surface area contributed by atoms with Crippen molar-refractivity contribution in [1.82, 2.24) is 0 Å². The lowest BCUT2D eigenvalue weighted by molar-refractivity contribution is -0.161. The molecule has 0 spiro atoms. The van der Waals surface area contributed by atoms with Crippen LogP contribution in [0.2, 0.25) is 0 Å². The van der Waals surface area contributed by atoms with Crippen LogP contribution in [0.15, 0.2) is 36.5 Å². The molecule has 1 unspecified atom stereocenters. The summed E-state index contributed by atoms with van der Waals surface area (Å²) in [6, 6.07) is 0. The molecule has 358 valence electrons. The fraction of sp³-hybridized carbons (Fsp3) is 0.840. The van der Waals surface area contributed by atoms with Gasteiger partial charge < -0.3 is 24.6 Å². The van der Waals surface area contributed by atoms with E-state index in [1.54, 1.807) is 0 Å². The first-order chi connectivity index (χ1) is 29.7. The van der Waals surface area contributed by atoms with Gasteiger partial charge >= 0.3 is 19.8 Å². The summed E-state index contributed by atoms with van der Waals surface area (Å²) in [6.45, 7) is 2.36. The third-order valence-corrected chi connectivity index (χ3v) is 11.7. The van der Waals surface area contributed by atoms with Gasteiger partial charge in [0, 0.05) is 12.8 Å².